The number of aromatic nitrogens is 4. The van der Waals surface area contributed by atoms with Crippen LogP contribution in [0, 0.1) is 0 Å². The summed E-state index contributed by atoms with van der Waals surface area (Å²) in [7, 11) is 2.07. The topological polar surface area (TPSA) is 50.1 Å². The Balaban J connectivity index is 1.37. The maximum atomic E-state index is 4.71. The normalized spacial score (nSPS) is 18.4. The van der Waals surface area contributed by atoms with Crippen LogP contribution in [-0.4, -0.2) is 50.6 Å². The van der Waals surface area contributed by atoms with E-state index in [1.165, 1.54) is 41.5 Å². The van der Waals surface area contributed by atoms with Crippen LogP contribution in [-0.2, 0) is 26.4 Å². The van der Waals surface area contributed by atoms with Crippen LogP contribution in [0.5, 0.6) is 0 Å². The van der Waals surface area contributed by atoms with Gasteiger partial charge < -0.3 is 9.47 Å². The van der Waals surface area contributed by atoms with Gasteiger partial charge in [0.05, 0.1) is 11.9 Å². The van der Waals surface area contributed by atoms with Crippen molar-refractivity contribution in [3.63, 3.8) is 0 Å². The van der Waals surface area contributed by atoms with Gasteiger partial charge >= 0.3 is 0 Å². The van der Waals surface area contributed by atoms with Crippen molar-refractivity contribution >= 4 is 27.4 Å². The number of hydrogen-bond acceptors (Lipinski definition) is 6. The van der Waals surface area contributed by atoms with Crippen LogP contribution in [0.2, 0.25) is 0 Å². The molecule has 5 rings (SSSR count). The molecule has 1 aliphatic heterocycles. The van der Waals surface area contributed by atoms with E-state index in [2.05, 4.69) is 31.4 Å². The zero-order valence-corrected chi connectivity index (χ0v) is 16.0. The lowest BCUT2D eigenvalue weighted by molar-refractivity contribution is 0.241. The van der Waals surface area contributed by atoms with Gasteiger partial charge in [0.25, 0.3) is 0 Å². The number of rotatable bonds is 3. The maximum absolute atomic E-state index is 4.71. The van der Waals surface area contributed by atoms with E-state index in [1.54, 1.807) is 11.2 Å². The maximum Gasteiger partial charge on any atom is 0.141 e. The van der Waals surface area contributed by atoms with Crippen LogP contribution >= 0.6 is 11.3 Å². The predicted molar refractivity (Wildman–Crippen MR) is 105 cm³/mol. The van der Waals surface area contributed by atoms with E-state index in [4.69, 9.17) is 4.98 Å². The summed E-state index contributed by atoms with van der Waals surface area (Å²) in [4.78, 5) is 21.4. The molecule has 1 aliphatic carbocycles. The van der Waals surface area contributed by atoms with E-state index in [1.807, 2.05) is 23.7 Å². The number of nitrogens with zero attached hydrogens (tertiary/aromatic N) is 6. The number of hydrogen-bond donors (Lipinski definition) is 0. The average molecular weight is 369 g/mol. The Morgan fingerprint density at radius 3 is 2.69 bits per heavy atom. The van der Waals surface area contributed by atoms with Gasteiger partial charge in [-0.1, -0.05) is 0 Å². The fraction of sp³-hybridized carbons (Fsp3) is 0.526. The molecule has 0 aromatic carbocycles. The second-order valence-electron chi connectivity index (χ2n) is 7.31. The van der Waals surface area contributed by atoms with Crippen molar-refractivity contribution in [1.82, 2.24) is 24.4 Å². The summed E-state index contributed by atoms with van der Waals surface area (Å²) in [5.41, 5.74) is 1.53. The summed E-state index contributed by atoms with van der Waals surface area (Å²) in [5.74, 6) is 2.29. The lowest BCUT2D eigenvalue weighted by atomic mass is 9.97. The first-order chi connectivity index (χ1) is 12.8. The minimum Gasteiger partial charge on any atom is -0.353 e. The van der Waals surface area contributed by atoms with Crippen molar-refractivity contribution in [2.24, 2.45) is 7.05 Å². The lowest BCUT2D eigenvalue weighted by Gasteiger charge is -2.35. The van der Waals surface area contributed by atoms with E-state index in [0.29, 0.717) is 0 Å². The second kappa shape index (κ2) is 6.63. The van der Waals surface area contributed by atoms with Gasteiger partial charge in [-0.15, -0.1) is 11.3 Å². The van der Waals surface area contributed by atoms with Gasteiger partial charge in [-0.2, -0.15) is 0 Å². The van der Waals surface area contributed by atoms with Crippen molar-refractivity contribution in [3.05, 3.63) is 35.0 Å². The van der Waals surface area contributed by atoms with Gasteiger partial charge in [-0.05, 0) is 31.2 Å². The molecule has 1 fully saturated rings. The number of imidazole rings is 1. The zero-order valence-electron chi connectivity index (χ0n) is 15.2. The van der Waals surface area contributed by atoms with Crippen molar-refractivity contribution in [2.45, 2.75) is 32.2 Å². The third kappa shape index (κ3) is 2.79. The van der Waals surface area contributed by atoms with Gasteiger partial charge in [-0.25, -0.2) is 15.0 Å². The van der Waals surface area contributed by atoms with Crippen molar-refractivity contribution in [3.8, 4) is 0 Å². The lowest BCUT2D eigenvalue weighted by Crippen LogP contribution is -2.46. The molecule has 0 atom stereocenters. The van der Waals surface area contributed by atoms with E-state index in [-0.39, 0.29) is 0 Å². The first kappa shape index (κ1) is 16.2. The minimum absolute atomic E-state index is 0.921. The molecule has 6 nitrogen and oxygen atoms in total. The summed E-state index contributed by atoms with van der Waals surface area (Å²) in [6.07, 6.45) is 10.7. The number of anilines is 1. The first-order valence-electron chi connectivity index (χ1n) is 9.48. The Labute approximate surface area is 157 Å². The highest BCUT2D eigenvalue weighted by Gasteiger charge is 2.25. The Morgan fingerprint density at radius 2 is 1.88 bits per heavy atom. The second-order valence-corrected chi connectivity index (χ2v) is 8.39. The molecule has 7 heteroatoms. The van der Waals surface area contributed by atoms with E-state index in [9.17, 15) is 0 Å². The molecule has 136 valence electrons. The smallest absolute Gasteiger partial charge is 0.141 e. The van der Waals surface area contributed by atoms with Gasteiger partial charge in [-0.3, -0.25) is 4.90 Å². The third-order valence-corrected chi connectivity index (χ3v) is 6.89. The third-order valence-electron chi connectivity index (χ3n) is 5.69. The SMILES string of the molecule is Cn1ccnc1CN1CCN(c2ncnc3sc4c(c23)CCCC4)CC1. The monoisotopic (exact) mass is 368 g/mol. The highest BCUT2D eigenvalue weighted by Crippen LogP contribution is 2.39. The number of piperazine rings is 1. The first-order valence-corrected chi connectivity index (χ1v) is 10.3. The molecule has 0 radical (unpaired) electrons. The van der Waals surface area contributed by atoms with Crippen molar-refractivity contribution in [1.29, 1.82) is 0 Å². The molecule has 0 spiro atoms. The Morgan fingerprint density at radius 1 is 1.04 bits per heavy atom. The molecule has 4 heterocycles. The highest BCUT2D eigenvalue weighted by molar-refractivity contribution is 7.19. The molecule has 0 N–H and O–H groups in total. The van der Waals surface area contributed by atoms with Gasteiger partial charge in [0.2, 0.25) is 0 Å². The predicted octanol–water partition coefficient (Wildman–Crippen LogP) is 2.63. The van der Waals surface area contributed by atoms with Gasteiger partial charge in [0.1, 0.15) is 22.8 Å². The van der Waals surface area contributed by atoms with Crippen LogP contribution in [0.25, 0.3) is 10.2 Å². The van der Waals surface area contributed by atoms with Crippen LogP contribution in [0.3, 0.4) is 0 Å². The molecular formula is C19H24N6S. The molecule has 3 aromatic heterocycles. The Bertz CT molecular complexity index is 921. The fourth-order valence-electron chi connectivity index (χ4n) is 4.18. The molecule has 0 bridgehead atoms. The van der Waals surface area contributed by atoms with Crippen LogP contribution in [0.15, 0.2) is 18.7 Å². The minimum atomic E-state index is 0.921. The molecule has 2 aliphatic rings. The highest BCUT2D eigenvalue weighted by atomic mass is 32.1. The van der Waals surface area contributed by atoms with Crippen LogP contribution < -0.4 is 4.90 Å². The molecule has 3 aromatic rings. The van der Waals surface area contributed by atoms with E-state index < -0.39 is 0 Å². The number of aryl methyl sites for hydroxylation is 3. The fourth-order valence-corrected chi connectivity index (χ4v) is 5.40. The molecule has 1 saturated heterocycles. The summed E-state index contributed by atoms with van der Waals surface area (Å²) >= 11 is 1.88. The number of fused-ring (bicyclic) bond motifs is 3. The quantitative estimate of drug-likeness (QED) is 0.711. The molecular weight excluding hydrogens is 344 g/mol. The molecule has 0 amide bonds. The summed E-state index contributed by atoms with van der Waals surface area (Å²) in [6, 6.07) is 0. The summed E-state index contributed by atoms with van der Waals surface area (Å²) in [5, 5.41) is 1.34. The van der Waals surface area contributed by atoms with Crippen LogP contribution in [0.1, 0.15) is 29.1 Å². The summed E-state index contributed by atoms with van der Waals surface area (Å²) < 4.78 is 2.11. The van der Waals surface area contributed by atoms with E-state index >= 15 is 0 Å². The average Bonchev–Trinajstić information content (AvgIpc) is 3.25. The van der Waals surface area contributed by atoms with Crippen LogP contribution in [0.4, 0.5) is 5.82 Å². The largest absolute Gasteiger partial charge is 0.353 e. The molecule has 0 unspecified atom stereocenters. The number of thiophene rings is 1. The van der Waals surface area contributed by atoms with Gasteiger partial charge in [0.15, 0.2) is 0 Å². The van der Waals surface area contributed by atoms with E-state index in [0.717, 1.165) is 44.4 Å². The van der Waals surface area contributed by atoms with Gasteiger partial charge in [0, 0.05) is 50.5 Å². The Kier molecular flexibility index (Phi) is 4.13. The Hall–Kier alpha value is -1.99. The van der Waals surface area contributed by atoms with Crippen molar-refractivity contribution in [2.75, 3.05) is 31.1 Å². The standard InChI is InChI=1S/C19H24N6S/c1-23-7-6-20-16(23)12-24-8-10-25(11-9-24)18-17-14-4-2-3-5-15(14)26-19(17)22-13-21-18/h6-7,13H,2-5,8-12H2,1H3. The summed E-state index contributed by atoms with van der Waals surface area (Å²) in [6.45, 7) is 5.04. The molecule has 0 saturated carbocycles. The zero-order chi connectivity index (χ0) is 17.5. The van der Waals surface area contributed by atoms with Crippen molar-refractivity contribution < 1.29 is 0 Å². The molecule has 26 heavy (non-hydrogen) atoms.